The SMILES string of the molecule is Nc1ccc2oc3ccccc3c2c1SCc1ccc(-n2c3ccccc3c3cc4ccccc4cc32)cc1. The Morgan fingerprint density at radius 3 is 2.18 bits per heavy atom. The predicted octanol–water partition coefficient (Wildman–Crippen LogP) is 9.71. The highest BCUT2D eigenvalue weighted by Gasteiger charge is 2.15. The van der Waals surface area contributed by atoms with Crippen molar-refractivity contribution in [3.8, 4) is 5.69 Å². The molecule has 186 valence electrons. The maximum absolute atomic E-state index is 6.47. The molecule has 0 unspecified atom stereocenters. The van der Waals surface area contributed by atoms with E-state index in [1.54, 1.807) is 11.8 Å². The van der Waals surface area contributed by atoms with Crippen LogP contribution in [0.5, 0.6) is 0 Å². The number of nitrogens with two attached hydrogens (primary N) is 1. The Morgan fingerprint density at radius 2 is 1.33 bits per heavy atom. The number of nitrogen functional groups attached to an aromatic ring is 1. The van der Waals surface area contributed by atoms with Crippen LogP contribution in [0, 0.1) is 0 Å². The van der Waals surface area contributed by atoms with Crippen LogP contribution in [0.15, 0.2) is 131 Å². The van der Waals surface area contributed by atoms with Crippen molar-refractivity contribution in [1.29, 1.82) is 0 Å². The summed E-state index contributed by atoms with van der Waals surface area (Å²) >= 11 is 1.77. The van der Waals surface area contributed by atoms with Crippen molar-refractivity contribution in [1.82, 2.24) is 4.57 Å². The molecular weight excluding hydrogens is 496 g/mol. The molecule has 2 aromatic heterocycles. The van der Waals surface area contributed by atoms with E-state index in [1.165, 1.54) is 38.1 Å². The number of rotatable bonds is 4. The maximum Gasteiger partial charge on any atom is 0.136 e. The van der Waals surface area contributed by atoms with E-state index >= 15 is 0 Å². The van der Waals surface area contributed by atoms with Crippen molar-refractivity contribution < 1.29 is 4.42 Å². The lowest BCUT2D eigenvalue weighted by Crippen LogP contribution is -1.94. The molecule has 0 aliphatic heterocycles. The Bertz CT molecular complexity index is 2190. The van der Waals surface area contributed by atoms with Crippen LogP contribution in [-0.2, 0) is 5.75 Å². The third-order valence-electron chi connectivity index (χ3n) is 7.64. The molecule has 8 rings (SSSR count). The van der Waals surface area contributed by atoms with Gasteiger partial charge in [0, 0.05) is 43.6 Å². The van der Waals surface area contributed by atoms with E-state index in [2.05, 4.69) is 95.6 Å². The fourth-order valence-corrected chi connectivity index (χ4v) is 6.88. The molecule has 0 spiro atoms. The molecule has 0 saturated carbocycles. The van der Waals surface area contributed by atoms with E-state index in [-0.39, 0.29) is 0 Å². The molecule has 6 aromatic carbocycles. The van der Waals surface area contributed by atoms with Gasteiger partial charge in [-0.25, -0.2) is 0 Å². The summed E-state index contributed by atoms with van der Waals surface area (Å²) in [5.41, 5.74) is 13.9. The minimum absolute atomic E-state index is 0.785. The minimum Gasteiger partial charge on any atom is -0.456 e. The number of thioether (sulfide) groups is 1. The van der Waals surface area contributed by atoms with Crippen molar-refractivity contribution in [2.24, 2.45) is 0 Å². The summed E-state index contributed by atoms with van der Waals surface area (Å²) in [5.74, 6) is 0.820. The van der Waals surface area contributed by atoms with Crippen LogP contribution in [0.25, 0.3) is 60.2 Å². The molecule has 0 aliphatic carbocycles. The largest absolute Gasteiger partial charge is 0.456 e. The third kappa shape index (κ3) is 3.53. The first-order valence-electron chi connectivity index (χ1n) is 13.1. The van der Waals surface area contributed by atoms with Gasteiger partial charge in [0.15, 0.2) is 0 Å². The number of nitrogens with zero attached hydrogens (tertiary/aromatic N) is 1. The standard InChI is InChI=1S/C35H24N2OS/c36-29-17-18-33-34(27-10-4-6-12-32(27)38-33)35(29)39-21-22-13-15-25(16-14-22)37-30-11-5-3-9-26(30)28-19-23-7-1-2-8-24(23)20-31(28)37/h1-20H,21,36H2. The smallest absolute Gasteiger partial charge is 0.136 e. The lowest BCUT2D eigenvalue weighted by atomic mass is 10.1. The van der Waals surface area contributed by atoms with E-state index in [9.17, 15) is 0 Å². The van der Waals surface area contributed by atoms with Gasteiger partial charge in [-0.1, -0.05) is 72.8 Å². The highest BCUT2D eigenvalue weighted by Crippen LogP contribution is 2.41. The average Bonchev–Trinajstić information content (AvgIpc) is 3.51. The number of benzene rings is 6. The molecule has 2 N–H and O–H groups in total. The zero-order valence-corrected chi connectivity index (χ0v) is 21.9. The fourth-order valence-electron chi connectivity index (χ4n) is 5.79. The molecule has 0 saturated heterocycles. The van der Waals surface area contributed by atoms with Crippen LogP contribution in [0.1, 0.15) is 5.56 Å². The van der Waals surface area contributed by atoms with Crippen LogP contribution >= 0.6 is 11.8 Å². The summed E-state index contributed by atoms with van der Waals surface area (Å²) in [6, 6.07) is 42.9. The molecular formula is C35H24N2OS. The molecule has 4 heteroatoms. The lowest BCUT2D eigenvalue weighted by Gasteiger charge is -2.11. The van der Waals surface area contributed by atoms with Gasteiger partial charge in [0.2, 0.25) is 0 Å². The number of para-hydroxylation sites is 2. The van der Waals surface area contributed by atoms with Crippen LogP contribution in [0.2, 0.25) is 0 Å². The Hall–Kier alpha value is -4.67. The molecule has 2 heterocycles. The topological polar surface area (TPSA) is 44.1 Å². The summed E-state index contributed by atoms with van der Waals surface area (Å²) in [7, 11) is 0. The number of hydrogen-bond donors (Lipinski definition) is 1. The monoisotopic (exact) mass is 520 g/mol. The highest BCUT2D eigenvalue weighted by molar-refractivity contribution is 7.99. The molecule has 0 bridgehead atoms. The molecule has 0 fully saturated rings. The van der Waals surface area contributed by atoms with Gasteiger partial charge in [0.05, 0.1) is 11.0 Å². The van der Waals surface area contributed by atoms with Crippen molar-refractivity contribution in [2.75, 3.05) is 5.73 Å². The van der Waals surface area contributed by atoms with E-state index < -0.39 is 0 Å². The van der Waals surface area contributed by atoms with Gasteiger partial charge >= 0.3 is 0 Å². The van der Waals surface area contributed by atoms with Crippen LogP contribution in [0.3, 0.4) is 0 Å². The zero-order chi connectivity index (χ0) is 25.9. The quantitative estimate of drug-likeness (QED) is 0.186. The van der Waals surface area contributed by atoms with E-state index in [4.69, 9.17) is 10.2 Å². The first kappa shape index (κ1) is 22.3. The van der Waals surface area contributed by atoms with Gasteiger partial charge in [0.25, 0.3) is 0 Å². The van der Waals surface area contributed by atoms with Crippen LogP contribution in [0.4, 0.5) is 5.69 Å². The maximum atomic E-state index is 6.47. The van der Waals surface area contributed by atoms with Gasteiger partial charge in [-0.3, -0.25) is 0 Å². The van der Waals surface area contributed by atoms with Crippen LogP contribution in [-0.4, -0.2) is 4.57 Å². The van der Waals surface area contributed by atoms with Gasteiger partial charge in [-0.15, -0.1) is 11.8 Å². The predicted molar refractivity (Wildman–Crippen MR) is 166 cm³/mol. The second-order valence-corrected chi connectivity index (χ2v) is 11.0. The highest BCUT2D eigenvalue weighted by atomic mass is 32.2. The molecule has 0 atom stereocenters. The van der Waals surface area contributed by atoms with Gasteiger partial charge in [0.1, 0.15) is 11.2 Å². The number of furan rings is 1. The first-order chi connectivity index (χ1) is 19.2. The molecule has 0 amide bonds. The summed E-state index contributed by atoms with van der Waals surface area (Å²) in [5, 5.41) is 7.27. The van der Waals surface area contributed by atoms with E-state index in [1.807, 2.05) is 30.3 Å². The Kier molecular flexibility index (Phi) is 4.97. The Morgan fingerprint density at radius 1 is 0.615 bits per heavy atom. The van der Waals surface area contributed by atoms with Gasteiger partial charge in [-0.2, -0.15) is 0 Å². The summed E-state index contributed by atoms with van der Waals surface area (Å²) < 4.78 is 8.46. The summed E-state index contributed by atoms with van der Waals surface area (Å²) in [6.45, 7) is 0. The van der Waals surface area contributed by atoms with Gasteiger partial charge in [-0.05, 0) is 64.9 Å². The second-order valence-electron chi connectivity index (χ2n) is 9.98. The zero-order valence-electron chi connectivity index (χ0n) is 21.1. The van der Waals surface area contributed by atoms with Crippen LogP contribution < -0.4 is 5.73 Å². The minimum atomic E-state index is 0.785. The second kappa shape index (κ2) is 8.69. The van der Waals surface area contributed by atoms with Crippen molar-refractivity contribution in [3.05, 3.63) is 127 Å². The normalized spacial score (nSPS) is 11.9. The number of aromatic nitrogens is 1. The summed E-state index contributed by atoms with van der Waals surface area (Å²) in [6.07, 6.45) is 0. The number of fused-ring (bicyclic) bond motifs is 7. The lowest BCUT2D eigenvalue weighted by molar-refractivity contribution is 0.668. The van der Waals surface area contributed by atoms with E-state index in [0.717, 1.165) is 44.0 Å². The third-order valence-corrected chi connectivity index (χ3v) is 8.85. The molecule has 39 heavy (non-hydrogen) atoms. The Balaban J connectivity index is 1.18. The molecule has 8 aromatic rings. The van der Waals surface area contributed by atoms with Crippen molar-refractivity contribution in [2.45, 2.75) is 10.6 Å². The number of anilines is 1. The average molecular weight is 521 g/mol. The van der Waals surface area contributed by atoms with Crippen molar-refractivity contribution >= 4 is 72.0 Å². The molecule has 0 radical (unpaired) electrons. The molecule has 3 nitrogen and oxygen atoms in total. The molecule has 0 aliphatic rings. The van der Waals surface area contributed by atoms with Crippen molar-refractivity contribution in [3.63, 3.8) is 0 Å². The fraction of sp³-hybridized carbons (Fsp3) is 0.0286. The van der Waals surface area contributed by atoms with Gasteiger partial charge < -0.3 is 14.7 Å². The van der Waals surface area contributed by atoms with E-state index in [0.29, 0.717) is 0 Å². The first-order valence-corrected chi connectivity index (χ1v) is 14.1. The Labute approximate surface area is 229 Å². The summed E-state index contributed by atoms with van der Waals surface area (Å²) in [4.78, 5) is 1.08. The number of hydrogen-bond acceptors (Lipinski definition) is 3.